The van der Waals surface area contributed by atoms with E-state index in [9.17, 15) is 4.79 Å². The number of tetrazole rings is 1. The molecule has 6 nitrogen and oxygen atoms in total. The van der Waals surface area contributed by atoms with Crippen molar-refractivity contribution in [3.05, 3.63) is 77.1 Å². The number of hydrogen-bond acceptors (Lipinski definition) is 4. The number of nitrogens with one attached hydrogen (secondary N) is 1. The molecule has 0 saturated heterocycles. The lowest BCUT2D eigenvalue weighted by Crippen LogP contribution is -2.33. The average molecular weight is 328 g/mol. The van der Waals surface area contributed by atoms with Gasteiger partial charge in [0.2, 0.25) is 5.91 Å². The van der Waals surface area contributed by atoms with Crippen LogP contribution in [0.25, 0.3) is 0 Å². The van der Waals surface area contributed by atoms with E-state index in [-0.39, 0.29) is 5.91 Å². The summed E-state index contributed by atoms with van der Waals surface area (Å²) in [5.41, 5.74) is 1.73. The van der Waals surface area contributed by atoms with Gasteiger partial charge in [-0.1, -0.05) is 54.1 Å². The maximum atomic E-state index is 12.6. The number of carbonyl (C=O) groups is 1. The van der Waals surface area contributed by atoms with Crippen molar-refractivity contribution < 1.29 is 4.79 Å². The molecule has 1 amide bonds. The van der Waals surface area contributed by atoms with Gasteiger partial charge >= 0.3 is 0 Å². The number of rotatable bonds is 5. The first-order valence-corrected chi connectivity index (χ1v) is 7.41. The van der Waals surface area contributed by atoms with Crippen molar-refractivity contribution in [2.24, 2.45) is 0 Å². The van der Waals surface area contributed by atoms with Crippen molar-refractivity contribution in [2.75, 3.05) is 0 Å². The lowest BCUT2D eigenvalue weighted by molar-refractivity contribution is -0.123. The van der Waals surface area contributed by atoms with Gasteiger partial charge in [0.1, 0.15) is 6.33 Å². The molecular formula is C16H14ClN5O. The van der Waals surface area contributed by atoms with Gasteiger partial charge in [-0.15, -0.1) is 5.10 Å². The Kier molecular flexibility index (Phi) is 4.63. The maximum Gasteiger partial charge on any atom is 0.249 e. The Labute approximate surface area is 138 Å². The predicted octanol–water partition coefficient (Wildman–Crippen LogP) is 2.23. The molecule has 1 atom stereocenters. The third-order valence-electron chi connectivity index (χ3n) is 3.35. The fraction of sp³-hybridized carbons (Fsp3) is 0.125. The number of nitrogens with zero attached hydrogens (tertiary/aromatic N) is 4. The van der Waals surface area contributed by atoms with Crippen LogP contribution in [-0.2, 0) is 11.3 Å². The normalized spacial score (nSPS) is 11.9. The number of aromatic nitrogens is 4. The molecular weight excluding hydrogens is 314 g/mol. The summed E-state index contributed by atoms with van der Waals surface area (Å²) in [4.78, 5) is 12.6. The number of hydrogen-bond donors (Lipinski definition) is 1. The van der Waals surface area contributed by atoms with Gasteiger partial charge in [0.15, 0.2) is 6.04 Å². The van der Waals surface area contributed by atoms with E-state index in [4.69, 9.17) is 11.6 Å². The first kappa shape index (κ1) is 15.2. The Bertz CT molecular complexity index is 776. The minimum Gasteiger partial charge on any atom is -0.350 e. The standard InChI is InChI=1S/C16H14ClN5O/c17-14-8-4-5-12(9-14)10-18-16(23)15(22-11-19-20-21-22)13-6-2-1-3-7-13/h1-9,11,15H,10H2,(H,18,23)/t15-/m1/s1. The van der Waals surface area contributed by atoms with Crippen LogP contribution in [0.5, 0.6) is 0 Å². The molecule has 23 heavy (non-hydrogen) atoms. The molecule has 3 aromatic rings. The molecule has 3 rings (SSSR count). The molecule has 0 bridgehead atoms. The Morgan fingerprint density at radius 2 is 2.00 bits per heavy atom. The van der Waals surface area contributed by atoms with Crippen LogP contribution in [-0.4, -0.2) is 26.1 Å². The van der Waals surface area contributed by atoms with Crippen molar-refractivity contribution in [2.45, 2.75) is 12.6 Å². The third kappa shape index (κ3) is 3.73. The van der Waals surface area contributed by atoms with Crippen molar-refractivity contribution in [3.63, 3.8) is 0 Å². The molecule has 0 aliphatic rings. The average Bonchev–Trinajstić information content (AvgIpc) is 3.08. The van der Waals surface area contributed by atoms with E-state index in [1.807, 2.05) is 48.5 Å². The van der Waals surface area contributed by atoms with Crippen molar-refractivity contribution in [1.82, 2.24) is 25.5 Å². The monoisotopic (exact) mass is 327 g/mol. The highest BCUT2D eigenvalue weighted by molar-refractivity contribution is 6.30. The highest BCUT2D eigenvalue weighted by Gasteiger charge is 2.23. The Balaban J connectivity index is 1.79. The van der Waals surface area contributed by atoms with E-state index >= 15 is 0 Å². The lowest BCUT2D eigenvalue weighted by atomic mass is 10.1. The van der Waals surface area contributed by atoms with Gasteiger partial charge in [0, 0.05) is 11.6 Å². The van der Waals surface area contributed by atoms with Gasteiger partial charge in [-0.05, 0) is 33.7 Å². The molecule has 0 radical (unpaired) electrons. The van der Waals surface area contributed by atoms with E-state index in [0.717, 1.165) is 11.1 Å². The summed E-state index contributed by atoms with van der Waals surface area (Å²) >= 11 is 5.96. The number of benzene rings is 2. The van der Waals surface area contributed by atoms with Crippen molar-refractivity contribution >= 4 is 17.5 Å². The summed E-state index contributed by atoms with van der Waals surface area (Å²) in [6.45, 7) is 0.380. The van der Waals surface area contributed by atoms with Crippen LogP contribution in [0.2, 0.25) is 5.02 Å². The second kappa shape index (κ2) is 7.02. The summed E-state index contributed by atoms with van der Waals surface area (Å²) in [7, 11) is 0. The largest absolute Gasteiger partial charge is 0.350 e. The Hall–Kier alpha value is -2.73. The first-order chi connectivity index (χ1) is 11.2. The van der Waals surface area contributed by atoms with E-state index in [0.29, 0.717) is 11.6 Å². The second-order valence-electron chi connectivity index (χ2n) is 4.95. The molecule has 0 aliphatic carbocycles. The van der Waals surface area contributed by atoms with Crippen molar-refractivity contribution in [1.29, 1.82) is 0 Å². The maximum absolute atomic E-state index is 12.6. The molecule has 116 valence electrons. The number of amides is 1. The summed E-state index contributed by atoms with van der Waals surface area (Å²) in [6, 6.07) is 16.1. The Morgan fingerprint density at radius 3 is 2.70 bits per heavy atom. The van der Waals surface area contributed by atoms with Crippen LogP contribution < -0.4 is 5.32 Å². The predicted molar refractivity (Wildman–Crippen MR) is 85.7 cm³/mol. The minimum atomic E-state index is -0.620. The highest BCUT2D eigenvalue weighted by atomic mass is 35.5. The Morgan fingerprint density at radius 1 is 1.17 bits per heavy atom. The zero-order valence-electron chi connectivity index (χ0n) is 12.1. The lowest BCUT2D eigenvalue weighted by Gasteiger charge is -2.16. The molecule has 1 heterocycles. The van der Waals surface area contributed by atoms with E-state index in [2.05, 4.69) is 20.8 Å². The third-order valence-corrected chi connectivity index (χ3v) is 3.58. The zero-order valence-corrected chi connectivity index (χ0v) is 12.9. The van der Waals surface area contributed by atoms with E-state index in [1.165, 1.54) is 11.0 Å². The van der Waals surface area contributed by atoms with E-state index < -0.39 is 6.04 Å². The van der Waals surface area contributed by atoms with Crippen LogP contribution in [0.15, 0.2) is 60.9 Å². The van der Waals surface area contributed by atoms with Gasteiger partial charge in [0.25, 0.3) is 0 Å². The van der Waals surface area contributed by atoms with E-state index in [1.54, 1.807) is 6.07 Å². The van der Waals surface area contributed by atoms with Gasteiger partial charge in [-0.2, -0.15) is 0 Å². The van der Waals surface area contributed by atoms with Crippen LogP contribution >= 0.6 is 11.6 Å². The molecule has 0 aliphatic heterocycles. The van der Waals surface area contributed by atoms with Gasteiger partial charge in [-0.3, -0.25) is 4.79 Å². The summed E-state index contributed by atoms with van der Waals surface area (Å²) in [5, 5.41) is 14.6. The topological polar surface area (TPSA) is 72.7 Å². The second-order valence-corrected chi connectivity index (χ2v) is 5.39. The summed E-state index contributed by atoms with van der Waals surface area (Å²) in [6.07, 6.45) is 1.43. The fourth-order valence-corrected chi connectivity index (χ4v) is 2.49. The molecule has 7 heteroatoms. The zero-order chi connectivity index (χ0) is 16.1. The minimum absolute atomic E-state index is 0.191. The molecule has 0 spiro atoms. The number of halogens is 1. The quantitative estimate of drug-likeness (QED) is 0.780. The molecule has 0 saturated carbocycles. The van der Waals surface area contributed by atoms with Gasteiger partial charge in [0.05, 0.1) is 0 Å². The molecule has 1 aromatic heterocycles. The fourth-order valence-electron chi connectivity index (χ4n) is 2.28. The van der Waals surface area contributed by atoms with Gasteiger partial charge < -0.3 is 5.32 Å². The SMILES string of the molecule is O=C(NCc1cccc(Cl)c1)[C@@H](c1ccccc1)n1cnnn1. The molecule has 2 aromatic carbocycles. The molecule has 0 unspecified atom stereocenters. The van der Waals surface area contributed by atoms with Crippen LogP contribution in [0.1, 0.15) is 17.2 Å². The smallest absolute Gasteiger partial charge is 0.249 e. The first-order valence-electron chi connectivity index (χ1n) is 7.03. The van der Waals surface area contributed by atoms with Crippen LogP contribution in [0.4, 0.5) is 0 Å². The van der Waals surface area contributed by atoms with Crippen molar-refractivity contribution in [3.8, 4) is 0 Å². The van der Waals surface area contributed by atoms with Crippen LogP contribution in [0.3, 0.4) is 0 Å². The van der Waals surface area contributed by atoms with Gasteiger partial charge in [-0.25, -0.2) is 4.68 Å². The molecule has 0 fully saturated rings. The number of carbonyl (C=O) groups excluding carboxylic acids is 1. The summed E-state index contributed by atoms with van der Waals surface area (Å²) < 4.78 is 1.43. The highest BCUT2D eigenvalue weighted by Crippen LogP contribution is 2.17. The molecule has 1 N–H and O–H groups in total. The van der Waals surface area contributed by atoms with Crippen LogP contribution in [0, 0.1) is 0 Å². The summed E-state index contributed by atoms with van der Waals surface area (Å²) in [5.74, 6) is -0.191.